The summed E-state index contributed by atoms with van der Waals surface area (Å²) in [6.45, 7) is 11.8. The van der Waals surface area contributed by atoms with Crippen LogP contribution in [0.1, 0.15) is 53.9 Å². The van der Waals surface area contributed by atoms with Crippen molar-refractivity contribution in [2.75, 3.05) is 26.7 Å². The second kappa shape index (κ2) is 12.3. The van der Waals surface area contributed by atoms with Gasteiger partial charge in [-0.2, -0.15) is 0 Å². The predicted molar refractivity (Wildman–Crippen MR) is 123 cm³/mol. The van der Waals surface area contributed by atoms with Crippen LogP contribution >= 0.6 is 24.0 Å². The van der Waals surface area contributed by atoms with Crippen LogP contribution in [0.2, 0.25) is 0 Å². The third-order valence-corrected chi connectivity index (χ3v) is 4.51. The van der Waals surface area contributed by atoms with Gasteiger partial charge in [-0.1, -0.05) is 13.8 Å². The molecule has 0 spiro atoms. The Labute approximate surface area is 186 Å². The van der Waals surface area contributed by atoms with E-state index in [9.17, 15) is 9.59 Å². The van der Waals surface area contributed by atoms with Crippen molar-refractivity contribution in [3.05, 3.63) is 0 Å². The summed E-state index contributed by atoms with van der Waals surface area (Å²) in [5.74, 6) is 1.01. The fourth-order valence-corrected chi connectivity index (χ4v) is 3.15. The van der Waals surface area contributed by atoms with Crippen LogP contribution in [0.15, 0.2) is 4.99 Å². The van der Waals surface area contributed by atoms with Crippen molar-refractivity contribution in [3.63, 3.8) is 0 Å². The molecule has 1 heterocycles. The highest BCUT2D eigenvalue weighted by atomic mass is 127. The average molecular weight is 511 g/mol. The fraction of sp³-hybridized carbons (Fsp3) is 0.842. The lowest BCUT2D eigenvalue weighted by molar-refractivity contribution is -0.119. The number of nitrogens with zero attached hydrogens (tertiary/aromatic N) is 2. The Hall–Kier alpha value is -1.26. The second-order valence-electron chi connectivity index (χ2n) is 8.55. The van der Waals surface area contributed by atoms with Gasteiger partial charge in [0.2, 0.25) is 5.91 Å². The lowest BCUT2D eigenvalue weighted by atomic mass is 9.95. The van der Waals surface area contributed by atoms with Gasteiger partial charge in [0.25, 0.3) is 0 Å². The zero-order valence-electron chi connectivity index (χ0n) is 18.1. The van der Waals surface area contributed by atoms with E-state index >= 15 is 0 Å². The van der Waals surface area contributed by atoms with Crippen LogP contribution in [0.25, 0.3) is 0 Å². The van der Waals surface area contributed by atoms with Crippen LogP contribution in [0, 0.1) is 11.8 Å². The molecule has 2 atom stereocenters. The van der Waals surface area contributed by atoms with E-state index in [1.165, 1.54) is 0 Å². The van der Waals surface area contributed by atoms with E-state index in [1.54, 1.807) is 7.05 Å². The zero-order valence-corrected chi connectivity index (χ0v) is 20.4. The molecular formula is C19H38IN5O3. The largest absolute Gasteiger partial charge is 0.444 e. The van der Waals surface area contributed by atoms with E-state index in [4.69, 9.17) is 10.5 Å². The molecule has 0 saturated carbocycles. The summed E-state index contributed by atoms with van der Waals surface area (Å²) in [6, 6.07) is -0.0946. The molecule has 1 aliphatic heterocycles. The minimum Gasteiger partial charge on any atom is -0.444 e. The van der Waals surface area contributed by atoms with Crippen LogP contribution < -0.4 is 16.4 Å². The standard InChI is InChI=1S/C19H37N5O3.HI/c1-13(2)15(23-18(26)27-19(3,4)5)11-22-17(21-6)24-9-7-8-14(12-24)10-16(20)25;/h13-15H,7-12H2,1-6H3,(H2,20,25)(H,21,22)(H,23,26);1H. The van der Waals surface area contributed by atoms with Gasteiger partial charge in [0.15, 0.2) is 5.96 Å². The molecule has 1 saturated heterocycles. The SMILES string of the molecule is CN=C(NCC(NC(=O)OC(C)(C)C)C(C)C)N1CCCC(CC(N)=O)C1.I. The Morgan fingerprint density at radius 2 is 1.96 bits per heavy atom. The molecule has 0 aromatic rings. The average Bonchev–Trinajstić information content (AvgIpc) is 2.52. The van der Waals surface area contributed by atoms with E-state index in [1.807, 2.05) is 20.8 Å². The highest BCUT2D eigenvalue weighted by Gasteiger charge is 2.25. The van der Waals surface area contributed by atoms with Crippen molar-refractivity contribution in [2.24, 2.45) is 22.6 Å². The highest BCUT2D eigenvalue weighted by Crippen LogP contribution is 2.19. The molecule has 0 aliphatic carbocycles. The number of hydrogen-bond donors (Lipinski definition) is 3. The third kappa shape index (κ3) is 10.3. The summed E-state index contributed by atoms with van der Waals surface area (Å²) in [4.78, 5) is 29.8. The lowest BCUT2D eigenvalue weighted by Gasteiger charge is -2.35. The molecule has 1 aliphatic rings. The molecule has 1 fully saturated rings. The normalized spacial score (nSPS) is 18.9. The molecule has 0 aromatic heterocycles. The number of ether oxygens (including phenoxy) is 1. The Morgan fingerprint density at radius 3 is 2.46 bits per heavy atom. The number of alkyl carbamates (subject to hydrolysis) is 1. The molecule has 2 amide bonds. The van der Waals surface area contributed by atoms with Crippen LogP contribution in [-0.4, -0.2) is 61.2 Å². The number of primary amides is 1. The zero-order chi connectivity index (χ0) is 20.6. The minimum atomic E-state index is -0.529. The number of guanidine groups is 1. The first-order chi connectivity index (χ1) is 12.5. The van der Waals surface area contributed by atoms with Crippen molar-refractivity contribution in [1.29, 1.82) is 0 Å². The van der Waals surface area contributed by atoms with Gasteiger partial charge in [0, 0.05) is 33.1 Å². The summed E-state index contributed by atoms with van der Waals surface area (Å²) >= 11 is 0. The molecule has 4 N–H and O–H groups in total. The van der Waals surface area contributed by atoms with E-state index < -0.39 is 11.7 Å². The molecular weight excluding hydrogens is 473 g/mol. The first-order valence-electron chi connectivity index (χ1n) is 9.75. The van der Waals surface area contributed by atoms with Gasteiger partial charge < -0.3 is 26.0 Å². The summed E-state index contributed by atoms with van der Waals surface area (Å²) in [6.07, 6.45) is 1.99. The molecule has 0 radical (unpaired) electrons. The van der Waals surface area contributed by atoms with Gasteiger partial charge in [-0.05, 0) is 45.4 Å². The van der Waals surface area contributed by atoms with Gasteiger partial charge in [0.1, 0.15) is 5.60 Å². The van der Waals surface area contributed by atoms with Crippen LogP contribution in [0.3, 0.4) is 0 Å². The highest BCUT2D eigenvalue weighted by molar-refractivity contribution is 14.0. The molecule has 164 valence electrons. The van der Waals surface area contributed by atoms with Gasteiger partial charge >= 0.3 is 6.09 Å². The van der Waals surface area contributed by atoms with Crippen molar-refractivity contribution >= 4 is 41.9 Å². The van der Waals surface area contributed by atoms with Crippen LogP contribution in [0.5, 0.6) is 0 Å². The van der Waals surface area contributed by atoms with Gasteiger partial charge in [-0.3, -0.25) is 9.79 Å². The first-order valence-corrected chi connectivity index (χ1v) is 9.75. The Balaban J connectivity index is 0.00000729. The van der Waals surface area contributed by atoms with Crippen molar-refractivity contribution < 1.29 is 14.3 Å². The third-order valence-electron chi connectivity index (χ3n) is 4.51. The van der Waals surface area contributed by atoms with E-state index in [2.05, 4.69) is 34.4 Å². The van der Waals surface area contributed by atoms with Crippen molar-refractivity contribution in [1.82, 2.24) is 15.5 Å². The Kier molecular flexibility index (Phi) is 11.8. The topological polar surface area (TPSA) is 109 Å². The van der Waals surface area contributed by atoms with E-state index in [-0.39, 0.29) is 47.8 Å². The second-order valence-corrected chi connectivity index (χ2v) is 8.55. The number of carbonyl (C=O) groups is 2. The number of carbonyl (C=O) groups excluding carboxylic acids is 2. The van der Waals surface area contributed by atoms with E-state index in [0.29, 0.717) is 13.0 Å². The number of nitrogens with two attached hydrogens (primary N) is 1. The van der Waals surface area contributed by atoms with E-state index in [0.717, 1.165) is 31.9 Å². The number of nitrogens with one attached hydrogen (secondary N) is 2. The number of likely N-dealkylation sites (tertiary alicyclic amines) is 1. The van der Waals surface area contributed by atoms with Crippen LogP contribution in [-0.2, 0) is 9.53 Å². The maximum Gasteiger partial charge on any atom is 0.407 e. The quantitative estimate of drug-likeness (QED) is 0.288. The van der Waals surface area contributed by atoms with Crippen LogP contribution in [0.4, 0.5) is 4.79 Å². The number of rotatable bonds is 6. The monoisotopic (exact) mass is 511 g/mol. The maximum atomic E-state index is 12.1. The summed E-state index contributed by atoms with van der Waals surface area (Å²) in [5.41, 5.74) is 4.81. The number of aliphatic imine (C=N–C) groups is 1. The summed E-state index contributed by atoms with van der Waals surface area (Å²) < 4.78 is 5.36. The fourth-order valence-electron chi connectivity index (χ4n) is 3.15. The lowest BCUT2D eigenvalue weighted by Crippen LogP contribution is -2.52. The number of amides is 2. The smallest absolute Gasteiger partial charge is 0.407 e. The molecule has 1 rings (SSSR count). The molecule has 2 unspecified atom stereocenters. The van der Waals surface area contributed by atoms with Gasteiger partial charge in [0.05, 0.1) is 6.04 Å². The number of hydrogen-bond acceptors (Lipinski definition) is 4. The van der Waals surface area contributed by atoms with Crippen molar-refractivity contribution in [3.8, 4) is 0 Å². The molecule has 0 bridgehead atoms. The summed E-state index contributed by atoms with van der Waals surface area (Å²) in [5, 5.41) is 6.28. The number of piperidine rings is 1. The molecule has 28 heavy (non-hydrogen) atoms. The summed E-state index contributed by atoms with van der Waals surface area (Å²) in [7, 11) is 1.74. The Bertz CT molecular complexity index is 534. The maximum absolute atomic E-state index is 12.1. The first kappa shape index (κ1) is 26.7. The number of halogens is 1. The molecule has 0 aromatic carbocycles. The molecule has 8 nitrogen and oxygen atoms in total. The minimum absolute atomic E-state index is 0. The Morgan fingerprint density at radius 1 is 1.32 bits per heavy atom. The molecule has 9 heteroatoms. The van der Waals surface area contributed by atoms with Gasteiger partial charge in [-0.25, -0.2) is 4.79 Å². The predicted octanol–water partition coefficient (Wildman–Crippen LogP) is 2.32. The van der Waals surface area contributed by atoms with Crippen molar-refractivity contribution in [2.45, 2.75) is 65.5 Å². The van der Waals surface area contributed by atoms with Gasteiger partial charge in [-0.15, -0.1) is 24.0 Å².